The van der Waals surface area contributed by atoms with E-state index in [2.05, 4.69) is 29.6 Å². The second kappa shape index (κ2) is 8.75. The molecule has 0 saturated carbocycles. The number of anilines is 1. The molecule has 4 heteroatoms. The molecule has 0 aromatic heterocycles. The highest BCUT2D eigenvalue weighted by molar-refractivity contribution is 8.00. The minimum Gasteiger partial charge on any atom is -0.325 e. The van der Waals surface area contributed by atoms with Crippen LogP contribution in [0, 0.1) is 0 Å². The predicted molar refractivity (Wildman–Crippen MR) is 107 cm³/mol. The van der Waals surface area contributed by atoms with Crippen LogP contribution >= 0.6 is 23.4 Å². The summed E-state index contributed by atoms with van der Waals surface area (Å²) in [5.41, 5.74) is 3.14. The number of carbonyl (C=O) groups excluding carboxylic acids is 1. The highest BCUT2D eigenvalue weighted by Crippen LogP contribution is 2.35. The van der Waals surface area contributed by atoms with Gasteiger partial charge in [-0.3, -0.25) is 4.79 Å². The predicted octanol–water partition coefficient (Wildman–Crippen LogP) is 5.80. The van der Waals surface area contributed by atoms with E-state index in [-0.39, 0.29) is 11.2 Å². The van der Waals surface area contributed by atoms with Gasteiger partial charge in [0.1, 0.15) is 0 Å². The van der Waals surface area contributed by atoms with Gasteiger partial charge in [-0.05, 0) is 35.4 Å². The number of nitrogens with one attached hydrogen (secondary N) is 1. The van der Waals surface area contributed by atoms with Gasteiger partial charge in [0, 0.05) is 10.7 Å². The van der Waals surface area contributed by atoms with E-state index in [1.54, 1.807) is 36.0 Å². The minimum atomic E-state index is -0.0239. The number of carbonyl (C=O) groups is 1. The van der Waals surface area contributed by atoms with E-state index in [1.807, 2.05) is 36.4 Å². The number of halogens is 1. The molecule has 1 N–H and O–H groups in total. The molecule has 2 nitrogen and oxygen atoms in total. The molecule has 0 bridgehead atoms. The molecular formula is C21H18ClNOS. The summed E-state index contributed by atoms with van der Waals surface area (Å²) in [4.78, 5) is 12.3. The Bertz CT molecular complexity index is 767. The first-order valence-corrected chi connectivity index (χ1v) is 9.42. The summed E-state index contributed by atoms with van der Waals surface area (Å²) in [7, 11) is 0. The van der Waals surface area contributed by atoms with Crippen molar-refractivity contribution in [1.82, 2.24) is 0 Å². The first-order valence-electron chi connectivity index (χ1n) is 7.99. The minimum absolute atomic E-state index is 0.0239. The van der Waals surface area contributed by atoms with Gasteiger partial charge in [-0.1, -0.05) is 72.3 Å². The van der Waals surface area contributed by atoms with Crippen LogP contribution in [0.1, 0.15) is 16.4 Å². The van der Waals surface area contributed by atoms with E-state index in [0.29, 0.717) is 10.8 Å². The van der Waals surface area contributed by atoms with E-state index in [4.69, 9.17) is 11.6 Å². The number of benzene rings is 3. The molecule has 0 aliphatic carbocycles. The highest BCUT2D eigenvalue weighted by Gasteiger charge is 2.16. The van der Waals surface area contributed by atoms with Crippen LogP contribution in [0.5, 0.6) is 0 Å². The van der Waals surface area contributed by atoms with Crippen molar-refractivity contribution in [2.24, 2.45) is 0 Å². The van der Waals surface area contributed by atoms with E-state index < -0.39 is 0 Å². The van der Waals surface area contributed by atoms with E-state index in [0.717, 1.165) is 5.69 Å². The summed E-state index contributed by atoms with van der Waals surface area (Å²) in [6, 6.07) is 27.6. The SMILES string of the molecule is O=C(CSC(c1ccccc1)c1ccccc1)Nc1ccc(Cl)cc1. The molecule has 0 aliphatic rings. The van der Waals surface area contributed by atoms with Crippen LogP contribution in [0.4, 0.5) is 5.69 Å². The van der Waals surface area contributed by atoms with Gasteiger partial charge in [0.2, 0.25) is 5.91 Å². The van der Waals surface area contributed by atoms with Crippen molar-refractivity contribution in [2.45, 2.75) is 5.25 Å². The van der Waals surface area contributed by atoms with Gasteiger partial charge in [-0.15, -0.1) is 11.8 Å². The van der Waals surface area contributed by atoms with Crippen LogP contribution in [0.2, 0.25) is 5.02 Å². The summed E-state index contributed by atoms with van der Waals surface area (Å²) in [6.07, 6.45) is 0. The molecule has 0 aliphatic heterocycles. The fourth-order valence-electron chi connectivity index (χ4n) is 2.53. The molecule has 1 amide bonds. The molecule has 0 radical (unpaired) electrons. The number of hydrogen-bond acceptors (Lipinski definition) is 2. The zero-order chi connectivity index (χ0) is 17.5. The molecule has 0 heterocycles. The Morgan fingerprint density at radius 1 is 0.840 bits per heavy atom. The van der Waals surface area contributed by atoms with Gasteiger partial charge in [0.25, 0.3) is 0 Å². The second-order valence-electron chi connectivity index (χ2n) is 5.57. The van der Waals surface area contributed by atoms with E-state index >= 15 is 0 Å². The van der Waals surface area contributed by atoms with Crippen LogP contribution in [0.15, 0.2) is 84.9 Å². The topological polar surface area (TPSA) is 29.1 Å². The summed E-state index contributed by atoms with van der Waals surface area (Å²) in [5.74, 6) is 0.348. The summed E-state index contributed by atoms with van der Waals surface area (Å²) in [5, 5.41) is 3.69. The summed E-state index contributed by atoms with van der Waals surface area (Å²) in [6.45, 7) is 0. The normalized spacial score (nSPS) is 10.6. The van der Waals surface area contributed by atoms with Crippen molar-refractivity contribution >= 4 is 35.0 Å². The molecule has 25 heavy (non-hydrogen) atoms. The molecule has 126 valence electrons. The van der Waals surface area contributed by atoms with Crippen molar-refractivity contribution in [3.63, 3.8) is 0 Å². The lowest BCUT2D eigenvalue weighted by Crippen LogP contribution is -2.15. The first-order chi connectivity index (χ1) is 12.2. The standard InChI is InChI=1S/C21H18ClNOS/c22-18-11-13-19(14-12-18)23-20(24)15-25-21(16-7-3-1-4-8-16)17-9-5-2-6-10-17/h1-14,21H,15H2,(H,23,24). The van der Waals surface area contributed by atoms with Crippen molar-refractivity contribution in [3.05, 3.63) is 101 Å². The van der Waals surface area contributed by atoms with Gasteiger partial charge < -0.3 is 5.32 Å². The third-order valence-electron chi connectivity index (χ3n) is 3.71. The van der Waals surface area contributed by atoms with Crippen LogP contribution in [0.25, 0.3) is 0 Å². The van der Waals surface area contributed by atoms with Gasteiger partial charge in [0.05, 0.1) is 11.0 Å². The molecule has 0 atom stereocenters. The molecule has 3 aromatic carbocycles. The Kier molecular flexibility index (Phi) is 6.15. The third kappa shape index (κ3) is 5.12. The largest absolute Gasteiger partial charge is 0.325 e. The number of hydrogen-bond donors (Lipinski definition) is 1. The lowest BCUT2D eigenvalue weighted by atomic mass is 10.0. The average Bonchev–Trinajstić information content (AvgIpc) is 2.66. The molecular weight excluding hydrogens is 350 g/mol. The zero-order valence-electron chi connectivity index (χ0n) is 13.6. The van der Waals surface area contributed by atoms with Crippen molar-refractivity contribution < 1.29 is 4.79 Å². The Labute approximate surface area is 157 Å². The smallest absolute Gasteiger partial charge is 0.234 e. The molecule has 0 saturated heterocycles. The van der Waals surface area contributed by atoms with Crippen molar-refractivity contribution in [3.8, 4) is 0 Å². The highest BCUT2D eigenvalue weighted by atomic mass is 35.5. The van der Waals surface area contributed by atoms with Crippen molar-refractivity contribution in [2.75, 3.05) is 11.1 Å². The Morgan fingerprint density at radius 2 is 1.36 bits per heavy atom. The lowest BCUT2D eigenvalue weighted by Gasteiger charge is -2.17. The average molecular weight is 368 g/mol. The monoisotopic (exact) mass is 367 g/mol. The summed E-state index contributed by atoms with van der Waals surface area (Å²) >= 11 is 7.49. The van der Waals surface area contributed by atoms with Crippen LogP contribution in [0.3, 0.4) is 0 Å². The second-order valence-corrected chi connectivity index (χ2v) is 7.10. The number of amides is 1. The van der Waals surface area contributed by atoms with Crippen molar-refractivity contribution in [1.29, 1.82) is 0 Å². The molecule has 3 rings (SSSR count). The third-order valence-corrected chi connectivity index (χ3v) is 5.27. The van der Waals surface area contributed by atoms with Crippen LogP contribution < -0.4 is 5.32 Å². The molecule has 0 fully saturated rings. The Morgan fingerprint density at radius 3 is 1.88 bits per heavy atom. The zero-order valence-corrected chi connectivity index (χ0v) is 15.1. The molecule has 3 aromatic rings. The maximum atomic E-state index is 12.3. The van der Waals surface area contributed by atoms with E-state index in [1.165, 1.54) is 11.1 Å². The molecule has 0 unspecified atom stereocenters. The van der Waals surface area contributed by atoms with Gasteiger partial charge in [-0.25, -0.2) is 0 Å². The van der Waals surface area contributed by atoms with Crippen LogP contribution in [-0.2, 0) is 4.79 Å². The Balaban J connectivity index is 1.68. The Hall–Kier alpha value is -2.23. The fraction of sp³-hybridized carbons (Fsp3) is 0.0952. The molecule has 0 spiro atoms. The summed E-state index contributed by atoms with van der Waals surface area (Å²) < 4.78 is 0. The van der Waals surface area contributed by atoms with E-state index in [9.17, 15) is 4.79 Å². The van der Waals surface area contributed by atoms with Gasteiger partial charge in [0.15, 0.2) is 0 Å². The van der Waals surface area contributed by atoms with Gasteiger partial charge in [-0.2, -0.15) is 0 Å². The van der Waals surface area contributed by atoms with Crippen LogP contribution in [-0.4, -0.2) is 11.7 Å². The first kappa shape index (κ1) is 17.6. The fourth-order valence-corrected chi connectivity index (χ4v) is 3.75. The quantitative estimate of drug-likeness (QED) is 0.596. The maximum absolute atomic E-state index is 12.3. The lowest BCUT2D eigenvalue weighted by molar-refractivity contribution is -0.113. The van der Waals surface area contributed by atoms with Gasteiger partial charge >= 0.3 is 0 Å². The number of thioether (sulfide) groups is 1. The number of rotatable bonds is 6. The maximum Gasteiger partial charge on any atom is 0.234 e.